The molecule has 1 aromatic heterocycles. The van der Waals surface area contributed by atoms with Gasteiger partial charge in [0.2, 0.25) is 0 Å². The van der Waals surface area contributed by atoms with Crippen LogP contribution in [-0.2, 0) is 6.42 Å². The third kappa shape index (κ3) is 4.95. The molecule has 25 heavy (non-hydrogen) atoms. The highest BCUT2D eigenvalue weighted by Gasteiger charge is 2.16. The van der Waals surface area contributed by atoms with E-state index in [0.29, 0.717) is 0 Å². The van der Waals surface area contributed by atoms with Crippen molar-refractivity contribution in [3.63, 3.8) is 0 Å². The molecule has 6 heteroatoms. The second-order valence-corrected chi connectivity index (χ2v) is 7.36. The molecule has 1 aliphatic heterocycles. The second-order valence-electron chi connectivity index (χ2n) is 6.42. The summed E-state index contributed by atoms with van der Waals surface area (Å²) in [6.07, 6.45) is 0.968. The van der Waals surface area contributed by atoms with Gasteiger partial charge in [-0.3, -0.25) is 9.69 Å². The molecule has 1 aliphatic rings. The first-order valence-electron chi connectivity index (χ1n) is 8.77. The van der Waals surface area contributed by atoms with Crippen molar-refractivity contribution in [1.29, 1.82) is 0 Å². The number of benzene rings is 1. The van der Waals surface area contributed by atoms with Crippen molar-refractivity contribution in [2.24, 2.45) is 0 Å². The molecule has 2 aromatic rings. The van der Waals surface area contributed by atoms with Gasteiger partial charge in [0.15, 0.2) is 5.78 Å². The summed E-state index contributed by atoms with van der Waals surface area (Å²) >= 11 is 1.70. The fourth-order valence-corrected chi connectivity index (χ4v) is 3.86. The van der Waals surface area contributed by atoms with E-state index < -0.39 is 0 Å². The van der Waals surface area contributed by atoms with E-state index in [1.54, 1.807) is 18.3 Å². The second kappa shape index (κ2) is 8.67. The highest BCUT2D eigenvalue weighted by molar-refractivity contribution is 7.09. The number of aliphatic hydroxyl groups excluding tert-OH is 1. The predicted octanol–water partition coefficient (Wildman–Crippen LogP) is 2.17. The number of carbonyl (C=O) groups is 1. The summed E-state index contributed by atoms with van der Waals surface area (Å²) in [4.78, 5) is 20.9. The van der Waals surface area contributed by atoms with E-state index in [0.717, 1.165) is 67.5 Å². The molecule has 1 fully saturated rings. The Morgan fingerprint density at radius 1 is 1.12 bits per heavy atom. The van der Waals surface area contributed by atoms with E-state index in [1.165, 1.54) is 0 Å². The van der Waals surface area contributed by atoms with Crippen LogP contribution in [0.1, 0.15) is 22.3 Å². The summed E-state index contributed by atoms with van der Waals surface area (Å²) in [5.74, 6) is 0.0876. The van der Waals surface area contributed by atoms with Gasteiger partial charge in [0.05, 0.1) is 17.3 Å². The van der Waals surface area contributed by atoms with Crippen LogP contribution in [0, 0.1) is 0 Å². The molecule has 2 heterocycles. The van der Waals surface area contributed by atoms with Crippen molar-refractivity contribution >= 4 is 17.1 Å². The molecule has 0 bridgehead atoms. The Kier molecular flexibility index (Phi) is 6.31. The minimum Gasteiger partial charge on any atom is -0.395 e. The average Bonchev–Trinajstić information content (AvgIpc) is 3.10. The van der Waals surface area contributed by atoms with Crippen LogP contribution in [0.2, 0.25) is 0 Å². The van der Waals surface area contributed by atoms with Gasteiger partial charge in [0, 0.05) is 62.2 Å². The van der Waals surface area contributed by atoms with Gasteiger partial charge in [-0.25, -0.2) is 4.98 Å². The van der Waals surface area contributed by atoms with Gasteiger partial charge in [-0.05, 0) is 6.92 Å². The molecule has 0 spiro atoms. The number of aromatic nitrogens is 1. The van der Waals surface area contributed by atoms with Crippen molar-refractivity contribution in [3.05, 3.63) is 40.2 Å². The quantitative estimate of drug-likeness (QED) is 0.768. The van der Waals surface area contributed by atoms with Crippen molar-refractivity contribution in [2.45, 2.75) is 13.3 Å². The minimum absolute atomic E-state index is 0.0876. The molecule has 1 saturated heterocycles. The summed E-state index contributed by atoms with van der Waals surface area (Å²) < 4.78 is 0. The fraction of sp³-hybridized carbons (Fsp3) is 0.474. The molecular weight excluding hydrogens is 334 g/mol. The molecule has 3 rings (SSSR count). The van der Waals surface area contributed by atoms with Crippen LogP contribution >= 0.6 is 11.3 Å². The molecule has 0 saturated carbocycles. The summed E-state index contributed by atoms with van der Waals surface area (Å²) in [6, 6.07) is 7.66. The molecule has 0 amide bonds. The van der Waals surface area contributed by atoms with Crippen molar-refractivity contribution in [1.82, 2.24) is 14.8 Å². The Labute approximate surface area is 152 Å². The van der Waals surface area contributed by atoms with Crippen molar-refractivity contribution in [2.75, 3.05) is 45.9 Å². The molecule has 1 aromatic carbocycles. The maximum absolute atomic E-state index is 11.4. The number of hydrogen-bond donors (Lipinski definition) is 1. The highest BCUT2D eigenvalue weighted by atomic mass is 32.1. The van der Waals surface area contributed by atoms with E-state index in [2.05, 4.69) is 15.2 Å². The Bertz CT molecular complexity index is 691. The number of piperazine rings is 1. The normalized spacial score (nSPS) is 16.2. The number of rotatable bonds is 7. The molecule has 1 N–H and O–H groups in total. The predicted molar refractivity (Wildman–Crippen MR) is 101 cm³/mol. The lowest BCUT2D eigenvalue weighted by molar-refractivity contribution is 0.101. The Morgan fingerprint density at radius 2 is 1.76 bits per heavy atom. The number of β-amino-alcohol motifs (C(OH)–C–C–N with tert-alkyl or cyclic N) is 1. The van der Waals surface area contributed by atoms with E-state index >= 15 is 0 Å². The fourth-order valence-electron chi connectivity index (χ4n) is 3.07. The van der Waals surface area contributed by atoms with E-state index in [1.807, 2.05) is 24.3 Å². The van der Waals surface area contributed by atoms with Gasteiger partial charge in [0.1, 0.15) is 0 Å². The lowest BCUT2D eigenvalue weighted by Crippen LogP contribution is -2.47. The molecule has 134 valence electrons. The first kappa shape index (κ1) is 18.2. The zero-order valence-electron chi connectivity index (χ0n) is 14.6. The lowest BCUT2D eigenvalue weighted by atomic mass is 10.1. The van der Waals surface area contributed by atoms with Gasteiger partial charge >= 0.3 is 0 Å². The summed E-state index contributed by atoms with van der Waals surface area (Å²) in [5, 5.41) is 12.2. The first-order chi connectivity index (χ1) is 12.2. The third-order valence-electron chi connectivity index (χ3n) is 4.66. The number of thiazole rings is 1. The standard InChI is InChI=1S/C19H25N3O2S/c1-15(24)16-2-4-17(5-3-16)18-14-25-19(20-18)6-7-21-8-10-22(11-9-21)12-13-23/h2-5,14,23H,6-13H2,1H3. The molecular formula is C19H25N3O2S. The van der Waals surface area contributed by atoms with Gasteiger partial charge in [-0.2, -0.15) is 0 Å². The number of nitrogens with zero attached hydrogens (tertiary/aromatic N) is 3. The van der Waals surface area contributed by atoms with E-state index in [-0.39, 0.29) is 12.4 Å². The van der Waals surface area contributed by atoms with Gasteiger partial charge in [-0.1, -0.05) is 24.3 Å². The molecule has 0 unspecified atom stereocenters. The number of hydrogen-bond acceptors (Lipinski definition) is 6. The van der Waals surface area contributed by atoms with Crippen LogP contribution in [-0.4, -0.2) is 71.5 Å². The van der Waals surface area contributed by atoms with Crippen LogP contribution < -0.4 is 0 Å². The maximum atomic E-state index is 11.4. The van der Waals surface area contributed by atoms with Gasteiger partial charge < -0.3 is 10.0 Å². The number of ketones is 1. The Balaban J connectivity index is 1.51. The van der Waals surface area contributed by atoms with Crippen LogP contribution in [0.4, 0.5) is 0 Å². The van der Waals surface area contributed by atoms with Gasteiger partial charge in [-0.15, -0.1) is 11.3 Å². The van der Waals surface area contributed by atoms with E-state index in [9.17, 15) is 4.79 Å². The van der Waals surface area contributed by atoms with Gasteiger partial charge in [0.25, 0.3) is 0 Å². The van der Waals surface area contributed by atoms with Crippen molar-refractivity contribution in [3.8, 4) is 11.3 Å². The minimum atomic E-state index is 0.0876. The zero-order chi connectivity index (χ0) is 17.6. The highest BCUT2D eigenvalue weighted by Crippen LogP contribution is 2.23. The van der Waals surface area contributed by atoms with Crippen LogP contribution in [0.5, 0.6) is 0 Å². The largest absolute Gasteiger partial charge is 0.395 e. The Morgan fingerprint density at radius 3 is 2.36 bits per heavy atom. The monoisotopic (exact) mass is 359 g/mol. The average molecular weight is 359 g/mol. The Hall–Kier alpha value is -1.60. The molecule has 0 atom stereocenters. The van der Waals surface area contributed by atoms with Crippen LogP contribution in [0.15, 0.2) is 29.6 Å². The topological polar surface area (TPSA) is 56.7 Å². The zero-order valence-corrected chi connectivity index (χ0v) is 15.5. The summed E-state index contributed by atoms with van der Waals surface area (Å²) in [6.45, 7) is 7.83. The van der Waals surface area contributed by atoms with Crippen LogP contribution in [0.3, 0.4) is 0 Å². The summed E-state index contributed by atoms with van der Waals surface area (Å²) in [5.41, 5.74) is 2.78. The van der Waals surface area contributed by atoms with E-state index in [4.69, 9.17) is 10.1 Å². The number of Topliss-reactive ketones (excluding diaryl/α,β-unsaturated/α-hetero) is 1. The third-order valence-corrected chi connectivity index (χ3v) is 5.57. The van der Waals surface area contributed by atoms with Crippen molar-refractivity contribution < 1.29 is 9.90 Å². The number of carbonyl (C=O) groups excluding carboxylic acids is 1. The molecule has 5 nitrogen and oxygen atoms in total. The molecule has 0 radical (unpaired) electrons. The van der Waals surface area contributed by atoms with Crippen LogP contribution in [0.25, 0.3) is 11.3 Å². The maximum Gasteiger partial charge on any atom is 0.159 e. The summed E-state index contributed by atoms with van der Waals surface area (Å²) in [7, 11) is 0. The lowest BCUT2D eigenvalue weighted by Gasteiger charge is -2.34. The molecule has 0 aliphatic carbocycles. The first-order valence-corrected chi connectivity index (χ1v) is 9.65. The number of aliphatic hydroxyl groups is 1. The SMILES string of the molecule is CC(=O)c1ccc(-c2csc(CCN3CCN(CCO)CC3)n2)cc1. The smallest absolute Gasteiger partial charge is 0.159 e.